The normalized spacial score (nSPS) is 12.0. The largest absolute Gasteiger partial charge is 0.497 e. The average Bonchev–Trinajstić information content (AvgIpc) is 2.28. The molecule has 1 atom stereocenters. The quantitative estimate of drug-likeness (QED) is 0.771. The summed E-state index contributed by atoms with van der Waals surface area (Å²) in [6.45, 7) is 8.06. The molecule has 1 aromatic rings. The standard InChI is InChI=1S/C14H20O3/c1-10(2)7-8-17-14-9-12(16-4)5-6-13(14)11(3)15/h5-6,9,11,15H,1,7-8H2,2-4H3/t11-/m0/s1. The first-order chi connectivity index (χ1) is 8.04. The molecule has 1 rings (SSSR count). The molecule has 0 unspecified atom stereocenters. The lowest BCUT2D eigenvalue weighted by Crippen LogP contribution is -2.03. The van der Waals surface area contributed by atoms with Gasteiger partial charge < -0.3 is 14.6 Å². The van der Waals surface area contributed by atoms with Crippen LogP contribution in [0.4, 0.5) is 0 Å². The van der Waals surface area contributed by atoms with Crippen LogP contribution in [0, 0.1) is 0 Å². The number of benzene rings is 1. The molecule has 0 aliphatic carbocycles. The van der Waals surface area contributed by atoms with E-state index in [0.717, 1.165) is 23.3 Å². The minimum Gasteiger partial charge on any atom is -0.497 e. The molecule has 0 amide bonds. The average molecular weight is 236 g/mol. The SMILES string of the molecule is C=C(C)CCOc1cc(OC)ccc1[C@H](C)O. The van der Waals surface area contributed by atoms with E-state index in [0.29, 0.717) is 12.4 Å². The number of hydrogen-bond acceptors (Lipinski definition) is 3. The van der Waals surface area contributed by atoms with Gasteiger partial charge in [-0.25, -0.2) is 0 Å². The summed E-state index contributed by atoms with van der Waals surface area (Å²) in [7, 11) is 1.61. The zero-order valence-electron chi connectivity index (χ0n) is 10.7. The van der Waals surface area contributed by atoms with E-state index in [9.17, 15) is 5.11 Å². The van der Waals surface area contributed by atoms with Crippen LogP contribution in [0.1, 0.15) is 31.9 Å². The second kappa shape index (κ2) is 6.30. The van der Waals surface area contributed by atoms with Gasteiger partial charge in [-0.3, -0.25) is 0 Å². The minimum atomic E-state index is -0.555. The third-order valence-corrected chi connectivity index (χ3v) is 2.46. The highest BCUT2D eigenvalue weighted by atomic mass is 16.5. The van der Waals surface area contributed by atoms with Gasteiger partial charge in [0.15, 0.2) is 0 Å². The Morgan fingerprint density at radius 1 is 1.47 bits per heavy atom. The van der Waals surface area contributed by atoms with E-state index in [1.54, 1.807) is 20.1 Å². The number of rotatable bonds is 6. The first-order valence-corrected chi connectivity index (χ1v) is 5.67. The van der Waals surface area contributed by atoms with Crippen molar-refractivity contribution in [1.29, 1.82) is 0 Å². The molecule has 17 heavy (non-hydrogen) atoms. The second-order valence-corrected chi connectivity index (χ2v) is 4.14. The molecule has 0 radical (unpaired) electrons. The van der Waals surface area contributed by atoms with Crippen molar-refractivity contribution in [3.8, 4) is 11.5 Å². The van der Waals surface area contributed by atoms with Gasteiger partial charge in [-0.2, -0.15) is 0 Å². The van der Waals surface area contributed by atoms with E-state index in [-0.39, 0.29) is 0 Å². The van der Waals surface area contributed by atoms with Crippen molar-refractivity contribution in [3.63, 3.8) is 0 Å². The Morgan fingerprint density at radius 3 is 2.71 bits per heavy atom. The van der Waals surface area contributed by atoms with Gasteiger partial charge in [0.05, 0.1) is 19.8 Å². The predicted octanol–water partition coefficient (Wildman–Crippen LogP) is 3.09. The first-order valence-electron chi connectivity index (χ1n) is 5.67. The summed E-state index contributed by atoms with van der Waals surface area (Å²) in [6, 6.07) is 5.42. The third-order valence-electron chi connectivity index (χ3n) is 2.46. The predicted molar refractivity (Wildman–Crippen MR) is 68.6 cm³/mol. The molecule has 3 nitrogen and oxygen atoms in total. The molecule has 0 saturated heterocycles. The molecular weight excluding hydrogens is 216 g/mol. The lowest BCUT2D eigenvalue weighted by molar-refractivity contribution is 0.191. The van der Waals surface area contributed by atoms with Crippen molar-refractivity contribution in [2.75, 3.05) is 13.7 Å². The summed E-state index contributed by atoms with van der Waals surface area (Å²) in [5, 5.41) is 9.64. The number of methoxy groups -OCH3 is 1. The topological polar surface area (TPSA) is 38.7 Å². The smallest absolute Gasteiger partial charge is 0.128 e. The van der Waals surface area contributed by atoms with Crippen molar-refractivity contribution in [3.05, 3.63) is 35.9 Å². The maximum atomic E-state index is 9.64. The van der Waals surface area contributed by atoms with Crippen LogP contribution in [0.5, 0.6) is 11.5 Å². The minimum absolute atomic E-state index is 0.555. The molecule has 1 N–H and O–H groups in total. The number of ether oxygens (including phenoxy) is 2. The van der Waals surface area contributed by atoms with Crippen LogP contribution >= 0.6 is 0 Å². The second-order valence-electron chi connectivity index (χ2n) is 4.14. The van der Waals surface area contributed by atoms with Crippen LogP contribution in [0.15, 0.2) is 30.4 Å². The fourth-order valence-electron chi connectivity index (χ4n) is 1.45. The van der Waals surface area contributed by atoms with Crippen LogP contribution in [-0.4, -0.2) is 18.8 Å². The van der Waals surface area contributed by atoms with E-state index >= 15 is 0 Å². The maximum Gasteiger partial charge on any atom is 0.128 e. The van der Waals surface area contributed by atoms with Gasteiger partial charge >= 0.3 is 0 Å². The molecule has 94 valence electrons. The van der Waals surface area contributed by atoms with E-state index in [1.165, 1.54) is 0 Å². The first kappa shape index (κ1) is 13.6. The van der Waals surface area contributed by atoms with Crippen molar-refractivity contribution in [1.82, 2.24) is 0 Å². The Balaban J connectivity index is 2.81. The molecule has 0 heterocycles. The van der Waals surface area contributed by atoms with Crippen LogP contribution in [-0.2, 0) is 0 Å². The van der Waals surface area contributed by atoms with Crippen LogP contribution in [0.2, 0.25) is 0 Å². The summed E-state index contributed by atoms with van der Waals surface area (Å²) < 4.78 is 10.8. The number of hydrogen-bond donors (Lipinski definition) is 1. The molecule has 0 aromatic heterocycles. The molecule has 0 fully saturated rings. The van der Waals surface area contributed by atoms with E-state index in [2.05, 4.69) is 6.58 Å². The zero-order valence-corrected chi connectivity index (χ0v) is 10.7. The Morgan fingerprint density at radius 2 is 2.18 bits per heavy atom. The Labute approximate surface area is 103 Å². The van der Waals surface area contributed by atoms with Gasteiger partial charge in [0.1, 0.15) is 11.5 Å². The lowest BCUT2D eigenvalue weighted by atomic mass is 10.1. The summed E-state index contributed by atoms with van der Waals surface area (Å²) in [5.74, 6) is 1.39. The van der Waals surface area contributed by atoms with Gasteiger partial charge in [0.25, 0.3) is 0 Å². The van der Waals surface area contributed by atoms with Crippen molar-refractivity contribution in [2.24, 2.45) is 0 Å². The molecule has 0 bridgehead atoms. The monoisotopic (exact) mass is 236 g/mol. The van der Waals surface area contributed by atoms with Gasteiger partial charge in [-0.05, 0) is 26.0 Å². The molecule has 1 aromatic carbocycles. The summed E-state index contributed by atoms with van der Waals surface area (Å²) in [4.78, 5) is 0. The highest BCUT2D eigenvalue weighted by molar-refractivity contribution is 5.41. The molecular formula is C14H20O3. The van der Waals surface area contributed by atoms with Crippen LogP contribution < -0.4 is 9.47 Å². The molecule has 0 aliphatic rings. The van der Waals surface area contributed by atoms with Gasteiger partial charge in [-0.1, -0.05) is 5.57 Å². The number of aliphatic hydroxyl groups is 1. The fraction of sp³-hybridized carbons (Fsp3) is 0.429. The van der Waals surface area contributed by atoms with Crippen molar-refractivity contribution < 1.29 is 14.6 Å². The lowest BCUT2D eigenvalue weighted by Gasteiger charge is -2.14. The molecule has 0 aliphatic heterocycles. The van der Waals surface area contributed by atoms with Crippen LogP contribution in [0.25, 0.3) is 0 Å². The summed E-state index contributed by atoms with van der Waals surface area (Å²) in [6.07, 6.45) is 0.247. The number of aliphatic hydroxyl groups excluding tert-OH is 1. The fourth-order valence-corrected chi connectivity index (χ4v) is 1.45. The van der Waals surface area contributed by atoms with Gasteiger partial charge in [-0.15, -0.1) is 6.58 Å². The zero-order chi connectivity index (χ0) is 12.8. The highest BCUT2D eigenvalue weighted by Gasteiger charge is 2.10. The molecule has 0 saturated carbocycles. The third kappa shape index (κ3) is 4.11. The molecule has 0 spiro atoms. The Hall–Kier alpha value is -1.48. The maximum absolute atomic E-state index is 9.64. The van der Waals surface area contributed by atoms with Gasteiger partial charge in [0, 0.05) is 18.1 Å². The van der Waals surface area contributed by atoms with Crippen molar-refractivity contribution >= 4 is 0 Å². The van der Waals surface area contributed by atoms with Gasteiger partial charge in [0.2, 0.25) is 0 Å². The van der Waals surface area contributed by atoms with E-state index in [4.69, 9.17) is 9.47 Å². The van der Waals surface area contributed by atoms with Crippen LogP contribution in [0.3, 0.4) is 0 Å². The molecule has 3 heteroatoms. The van der Waals surface area contributed by atoms with E-state index < -0.39 is 6.10 Å². The van der Waals surface area contributed by atoms with E-state index in [1.807, 2.05) is 19.1 Å². The summed E-state index contributed by atoms with van der Waals surface area (Å²) in [5.41, 5.74) is 1.85. The Kier molecular flexibility index (Phi) is 5.04. The summed E-state index contributed by atoms with van der Waals surface area (Å²) >= 11 is 0. The Bertz CT molecular complexity index is 383. The highest BCUT2D eigenvalue weighted by Crippen LogP contribution is 2.29. The van der Waals surface area contributed by atoms with Crippen molar-refractivity contribution in [2.45, 2.75) is 26.4 Å².